The van der Waals surface area contributed by atoms with E-state index in [2.05, 4.69) is 98.0 Å². The second-order valence-corrected chi connectivity index (χ2v) is 6.04. The molecule has 0 fully saturated rings. The Balaban J connectivity index is 0. The van der Waals surface area contributed by atoms with E-state index in [9.17, 15) is 0 Å². The van der Waals surface area contributed by atoms with Crippen molar-refractivity contribution in [2.45, 2.75) is 13.1 Å². The van der Waals surface area contributed by atoms with E-state index in [-0.39, 0.29) is 50.7 Å². The average molecular weight is 539 g/mol. The summed E-state index contributed by atoms with van der Waals surface area (Å²) in [5, 5.41) is 5.32. The largest absolute Gasteiger partial charge is 4.00 e. The zero-order valence-corrected chi connectivity index (χ0v) is 20.2. The fourth-order valence-corrected chi connectivity index (χ4v) is 2.14. The molecule has 0 aliphatic rings. The van der Waals surface area contributed by atoms with Crippen molar-refractivity contribution in [3.63, 3.8) is 0 Å². The minimum atomic E-state index is 0. The molecule has 0 unspecified atom stereocenters. The van der Waals surface area contributed by atoms with Gasteiger partial charge < -0.3 is 24.8 Å². The Labute approximate surface area is 178 Å². The fourth-order valence-electron chi connectivity index (χ4n) is 2.14. The zero-order valence-electron chi connectivity index (χ0n) is 13.9. The van der Waals surface area contributed by atoms with Crippen LogP contribution < -0.4 is 24.8 Å². The molecular weight excluding hydrogens is 518 g/mol. The van der Waals surface area contributed by atoms with Crippen LogP contribution in [0.4, 0.5) is 0 Å². The molecule has 123 valence electrons. The third kappa shape index (κ3) is 7.93. The van der Waals surface area contributed by atoms with Crippen LogP contribution in [-0.2, 0) is 25.8 Å². The first-order valence-corrected chi connectivity index (χ1v) is 9.61. The van der Waals surface area contributed by atoms with Crippen molar-refractivity contribution in [1.29, 1.82) is 0 Å². The van der Waals surface area contributed by atoms with Crippen LogP contribution in [-0.4, -0.2) is 9.52 Å². The van der Waals surface area contributed by atoms with Crippen molar-refractivity contribution in [2.24, 2.45) is 0 Å². The van der Waals surface area contributed by atoms with Gasteiger partial charge in [0.1, 0.15) is 0 Å². The normalized spacial score (nSPS) is 8.42. The predicted molar refractivity (Wildman–Crippen MR) is 98.0 cm³/mol. The molecule has 0 heterocycles. The van der Waals surface area contributed by atoms with Crippen molar-refractivity contribution in [1.82, 2.24) is 0 Å². The van der Waals surface area contributed by atoms with Gasteiger partial charge in [-0.3, -0.25) is 0 Å². The molecule has 0 N–H and O–H groups in total. The molecule has 0 saturated carbocycles. The number of rotatable bonds is 0. The van der Waals surface area contributed by atoms with Crippen LogP contribution in [0.5, 0.6) is 0 Å². The number of fused-ring (bicyclic) bond motifs is 2. The van der Waals surface area contributed by atoms with Gasteiger partial charge in [0.2, 0.25) is 0 Å². The molecule has 0 amide bonds. The van der Waals surface area contributed by atoms with Gasteiger partial charge in [-0.15, -0.1) is 59.3 Å². The summed E-state index contributed by atoms with van der Waals surface area (Å²) in [7, 11) is 0.750. The van der Waals surface area contributed by atoms with Crippen LogP contribution in [0.2, 0.25) is 13.1 Å². The van der Waals surface area contributed by atoms with E-state index in [1.54, 1.807) is 0 Å². The number of hydrogen-bond acceptors (Lipinski definition) is 0. The Hall–Kier alpha value is -0.673. The minimum absolute atomic E-state index is 0. The van der Waals surface area contributed by atoms with Crippen molar-refractivity contribution < 1.29 is 50.7 Å². The molecule has 0 aromatic heterocycles. The Bertz CT molecular complexity index is 651. The van der Waals surface area contributed by atoms with Gasteiger partial charge in [0.25, 0.3) is 0 Å². The first-order chi connectivity index (χ1) is 10.3. The van der Waals surface area contributed by atoms with Gasteiger partial charge in [0.05, 0.1) is 0 Å². The molecule has 0 saturated heterocycles. The molecular formula is C20H21Cl2HfSi. The van der Waals surface area contributed by atoms with E-state index in [1.807, 2.05) is 0 Å². The molecule has 4 aromatic carbocycles. The van der Waals surface area contributed by atoms with Gasteiger partial charge in [-0.2, -0.15) is 35.0 Å². The quantitative estimate of drug-likeness (QED) is 0.212. The molecule has 24 heavy (non-hydrogen) atoms. The smallest absolute Gasteiger partial charge is 1.00 e. The Morgan fingerprint density at radius 1 is 0.625 bits per heavy atom. The first-order valence-electron chi connectivity index (χ1n) is 7.30. The van der Waals surface area contributed by atoms with E-state index in [4.69, 9.17) is 0 Å². The van der Waals surface area contributed by atoms with Gasteiger partial charge in [0, 0.05) is 9.52 Å². The van der Waals surface area contributed by atoms with E-state index < -0.39 is 0 Å². The molecule has 4 heteroatoms. The molecule has 0 aliphatic carbocycles. The van der Waals surface area contributed by atoms with Crippen LogP contribution >= 0.6 is 0 Å². The first kappa shape index (κ1) is 25.6. The maximum absolute atomic E-state index is 2.21. The van der Waals surface area contributed by atoms with Gasteiger partial charge in [0.15, 0.2) is 0 Å². The SMILES string of the molecule is C[SiH]C.[Cl-].[Cl-].[Hf+4].c1ccc2[cH-]ccc2c1.c1ccc2[cH-]ccc2c1. The summed E-state index contributed by atoms with van der Waals surface area (Å²) in [5.41, 5.74) is 0. The molecule has 0 nitrogen and oxygen atoms in total. The molecule has 0 aliphatic heterocycles. The van der Waals surface area contributed by atoms with Gasteiger partial charge in [-0.05, 0) is 0 Å². The van der Waals surface area contributed by atoms with Crippen LogP contribution in [0.25, 0.3) is 21.5 Å². The third-order valence-corrected chi connectivity index (χ3v) is 3.10. The summed E-state index contributed by atoms with van der Waals surface area (Å²) >= 11 is 0. The van der Waals surface area contributed by atoms with E-state index in [0.29, 0.717) is 0 Å². The summed E-state index contributed by atoms with van der Waals surface area (Å²) in [6.07, 6.45) is 0. The molecule has 0 bridgehead atoms. The van der Waals surface area contributed by atoms with Gasteiger partial charge >= 0.3 is 25.8 Å². The predicted octanol–water partition coefficient (Wildman–Crippen LogP) is -0.358. The van der Waals surface area contributed by atoms with E-state index in [1.165, 1.54) is 21.5 Å². The van der Waals surface area contributed by atoms with Crippen LogP contribution in [0.1, 0.15) is 0 Å². The fraction of sp³-hybridized carbons (Fsp3) is 0.100. The standard InChI is InChI=1S/2C9H7.C2H7Si.2ClH.Hf/c2*1-2-5-9-7-3-6-8(9)4-1;1-3-2;;;/h2*1-7H;3H,1-2H3;2*1H;/q2*-1;;;;+4/p-2. The number of benzene rings is 2. The Morgan fingerprint density at radius 2 is 0.958 bits per heavy atom. The Morgan fingerprint density at radius 3 is 1.29 bits per heavy atom. The maximum Gasteiger partial charge on any atom is 4.00 e. The molecule has 4 rings (SSSR count). The topological polar surface area (TPSA) is 0 Å². The van der Waals surface area contributed by atoms with Crippen LogP contribution in [0, 0.1) is 0 Å². The third-order valence-electron chi connectivity index (χ3n) is 3.10. The minimum Gasteiger partial charge on any atom is -1.00 e. The summed E-state index contributed by atoms with van der Waals surface area (Å²) in [6.45, 7) is 4.42. The molecule has 0 spiro atoms. The zero-order chi connectivity index (χ0) is 14.9. The van der Waals surface area contributed by atoms with Crippen molar-refractivity contribution >= 4 is 31.1 Å². The summed E-state index contributed by atoms with van der Waals surface area (Å²) in [5.74, 6) is 0. The van der Waals surface area contributed by atoms with Crippen molar-refractivity contribution in [2.75, 3.05) is 0 Å². The monoisotopic (exact) mass is 539 g/mol. The Kier molecular flexibility index (Phi) is 15.6. The van der Waals surface area contributed by atoms with Gasteiger partial charge in [-0.1, -0.05) is 25.2 Å². The maximum atomic E-state index is 2.21. The summed E-state index contributed by atoms with van der Waals surface area (Å²) in [4.78, 5) is 0. The van der Waals surface area contributed by atoms with Crippen LogP contribution in [0.3, 0.4) is 0 Å². The number of halogens is 2. The van der Waals surface area contributed by atoms with Crippen molar-refractivity contribution in [3.05, 3.63) is 84.9 Å². The van der Waals surface area contributed by atoms with Crippen molar-refractivity contribution in [3.8, 4) is 0 Å². The number of hydrogen-bond donors (Lipinski definition) is 0. The summed E-state index contributed by atoms with van der Waals surface area (Å²) < 4.78 is 0. The second kappa shape index (κ2) is 14.7. The van der Waals surface area contributed by atoms with E-state index in [0.717, 1.165) is 9.52 Å². The summed E-state index contributed by atoms with van der Waals surface area (Å²) in [6, 6.07) is 29.3. The van der Waals surface area contributed by atoms with Crippen LogP contribution in [0.15, 0.2) is 84.9 Å². The second-order valence-electron chi connectivity index (χ2n) is 4.89. The molecule has 0 atom stereocenters. The average Bonchev–Trinajstić information content (AvgIpc) is 3.17. The van der Waals surface area contributed by atoms with Gasteiger partial charge in [-0.25, -0.2) is 0 Å². The molecule has 4 aromatic rings. The molecule has 1 radical (unpaired) electrons. The van der Waals surface area contributed by atoms with E-state index >= 15 is 0 Å².